The Labute approximate surface area is 340 Å². The lowest BCUT2D eigenvalue weighted by Gasteiger charge is -2.47. The molecule has 3 aliphatic heterocycles. The van der Waals surface area contributed by atoms with Crippen LogP contribution in [0.1, 0.15) is 86.0 Å². The van der Waals surface area contributed by atoms with Crippen LogP contribution >= 0.6 is 0 Å². The number of likely N-dealkylation sites (N-methyl/N-ethyl adjacent to an activating group) is 1. The van der Waals surface area contributed by atoms with Gasteiger partial charge in [0.25, 0.3) is 0 Å². The number of amides is 2. The van der Waals surface area contributed by atoms with Crippen LogP contribution in [0.4, 0.5) is 4.79 Å². The fourth-order valence-electron chi connectivity index (χ4n) is 8.82. The highest BCUT2D eigenvalue weighted by Crippen LogP contribution is 2.39. The molecule has 3 fully saturated rings. The first-order chi connectivity index (χ1) is 27.3. The van der Waals surface area contributed by atoms with Crippen molar-refractivity contribution < 1.29 is 47.8 Å². The van der Waals surface area contributed by atoms with E-state index < -0.39 is 83.2 Å². The quantitative estimate of drug-likeness (QED) is 0.206. The van der Waals surface area contributed by atoms with Gasteiger partial charge in [-0.3, -0.25) is 14.4 Å². The maximum Gasteiger partial charge on any atom is 0.316 e. The largest absolute Gasteiger partial charge is 0.459 e. The van der Waals surface area contributed by atoms with Gasteiger partial charge in [0.05, 0.1) is 41.0 Å². The van der Waals surface area contributed by atoms with Crippen LogP contribution in [0, 0.1) is 46.8 Å². The lowest BCUT2D eigenvalue weighted by atomic mass is 9.73. The molecule has 1 aromatic carbocycles. The zero-order valence-electron chi connectivity index (χ0n) is 35.0. The van der Waals surface area contributed by atoms with E-state index in [1.54, 1.807) is 71.9 Å². The summed E-state index contributed by atoms with van der Waals surface area (Å²) in [5, 5.41) is 30.8. The summed E-state index contributed by atoms with van der Waals surface area (Å²) in [4.78, 5) is 57.5. The third-order valence-electron chi connectivity index (χ3n) is 12.1. The third kappa shape index (κ3) is 9.30. The monoisotopic (exact) mass is 803 g/mol. The van der Waals surface area contributed by atoms with E-state index in [1.165, 1.54) is 6.92 Å². The fourth-order valence-corrected chi connectivity index (χ4v) is 8.82. The van der Waals surface area contributed by atoms with Gasteiger partial charge in [0.15, 0.2) is 12.1 Å². The average molecular weight is 804 g/mol. The lowest BCUT2D eigenvalue weighted by molar-refractivity contribution is -0.296. The molecule has 0 saturated carbocycles. The molecule has 2 aromatic rings. The summed E-state index contributed by atoms with van der Waals surface area (Å²) in [6.07, 6.45) is -3.82. The van der Waals surface area contributed by atoms with Crippen molar-refractivity contribution in [2.45, 2.75) is 129 Å². The van der Waals surface area contributed by atoms with Crippen molar-refractivity contribution in [3.8, 4) is 29.2 Å². The number of benzene rings is 1. The van der Waals surface area contributed by atoms with Gasteiger partial charge in [-0.05, 0) is 79.1 Å². The molecule has 3 N–H and O–H groups in total. The van der Waals surface area contributed by atoms with Crippen molar-refractivity contribution in [1.29, 1.82) is 5.26 Å². The number of cyclic esters (lactones) is 1. The fraction of sp³-hybridized carbons (Fsp3) is 0.628. The van der Waals surface area contributed by atoms with E-state index in [1.807, 2.05) is 25.9 Å². The maximum absolute atomic E-state index is 14.5. The van der Waals surface area contributed by atoms with Crippen molar-refractivity contribution >= 4 is 23.6 Å². The molecule has 5 rings (SSSR count). The number of hydrogen-bond donors (Lipinski definition) is 3. The smallest absolute Gasteiger partial charge is 0.316 e. The number of hydrogen-bond acceptors (Lipinski definition) is 13. The second-order valence-electron chi connectivity index (χ2n) is 16.7. The number of Topliss-reactive ketones (excluding diaryl/α,β-unsaturated/α-hetero) is 2. The van der Waals surface area contributed by atoms with Gasteiger partial charge < -0.3 is 44.1 Å². The van der Waals surface area contributed by atoms with Crippen molar-refractivity contribution in [3.63, 3.8) is 0 Å². The van der Waals surface area contributed by atoms with Crippen LogP contribution in [-0.2, 0) is 33.3 Å². The van der Waals surface area contributed by atoms with Crippen LogP contribution in [0.15, 0.2) is 34.9 Å². The van der Waals surface area contributed by atoms with Crippen molar-refractivity contribution in [2.75, 3.05) is 20.7 Å². The number of ether oxygens (including phenoxy) is 4. The van der Waals surface area contributed by atoms with E-state index in [4.69, 9.17) is 23.5 Å². The number of carbonyl (C=O) groups is 4. The number of aliphatic hydroxyl groups excluding tert-OH is 1. The number of nitrogens with zero attached hydrogens (tertiary/aromatic N) is 3. The van der Waals surface area contributed by atoms with Crippen molar-refractivity contribution in [1.82, 2.24) is 20.7 Å². The second kappa shape index (κ2) is 18.1. The molecule has 58 heavy (non-hydrogen) atoms. The molecule has 13 atom stereocenters. The molecular formula is C43H57N5O10. The number of fused-ring (bicyclic) bond motifs is 1. The second-order valence-corrected chi connectivity index (χ2v) is 16.7. The van der Waals surface area contributed by atoms with Crippen LogP contribution in [0.25, 0.3) is 11.3 Å². The van der Waals surface area contributed by atoms with Crippen molar-refractivity contribution in [2.24, 2.45) is 23.7 Å². The Hall–Kier alpha value is -4.64. The first-order valence-electron chi connectivity index (χ1n) is 20.0. The maximum atomic E-state index is 14.5. The molecule has 1 aromatic heterocycles. The number of aromatic nitrogens is 1. The molecule has 3 aliphatic rings. The van der Waals surface area contributed by atoms with Crippen molar-refractivity contribution in [3.05, 3.63) is 41.7 Å². The summed E-state index contributed by atoms with van der Waals surface area (Å²) in [5.41, 5.74) is -0.983. The normalized spacial score (nSPS) is 36.1. The minimum Gasteiger partial charge on any atom is -0.459 e. The summed E-state index contributed by atoms with van der Waals surface area (Å²) in [6.45, 7) is 13.5. The molecule has 4 heterocycles. The molecule has 0 unspecified atom stereocenters. The van der Waals surface area contributed by atoms with E-state index in [0.29, 0.717) is 29.7 Å². The number of carbonyl (C=O) groups excluding carboxylic acids is 4. The predicted octanol–water partition coefficient (Wildman–Crippen LogP) is 4.00. The first-order valence-corrected chi connectivity index (χ1v) is 20.0. The Balaban J connectivity index is 1.54. The third-order valence-corrected chi connectivity index (χ3v) is 12.1. The zero-order valence-corrected chi connectivity index (χ0v) is 35.0. The van der Waals surface area contributed by atoms with E-state index >= 15 is 0 Å². The lowest BCUT2D eigenvalue weighted by Crippen LogP contribution is -2.62. The van der Waals surface area contributed by atoms with Gasteiger partial charge in [0.1, 0.15) is 36.2 Å². The summed E-state index contributed by atoms with van der Waals surface area (Å²) in [6, 6.07) is 9.07. The number of nitriles is 1. The zero-order chi connectivity index (χ0) is 42.7. The van der Waals surface area contributed by atoms with Crippen LogP contribution in [-0.4, -0.2) is 113 Å². The highest BCUT2D eigenvalue weighted by Gasteiger charge is 2.55. The topological polar surface area (TPSA) is 203 Å². The Morgan fingerprint density at radius 3 is 2.45 bits per heavy atom. The van der Waals surface area contributed by atoms with Gasteiger partial charge >= 0.3 is 12.0 Å². The highest BCUT2D eigenvalue weighted by molar-refractivity contribution is 6.00. The predicted molar refractivity (Wildman–Crippen MR) is 211 cm³/mol. The molecule has 3 saturated heterocycles. The molecular weight excluding hydrogens is 746 g/mol. The number of rotatable bonds is 7. The molecule has 0 spiro atoms. The summed E-state index contributed by atoms with van der Waals surface area (Å²) < 4.78 is 31.0. The summed E-state index contributed by atoms with van der Waals surface area (Å²) >= 11 is 0. The number of aliphatic hydroxyl groups is 1. The number of nitrogens with one attached hydrogen (secondary N) is 2. The van der Waals surface area contributed by atoms with E-state index in [0.717, 1.165) is 0 Å². The van der Waals surface area contributed by atoms with E-state index in [2.05, 4.69) is 33.7 Å². The Kier molecular flexibility index (Phi) is 13.9. The molecule has 0 aliphatic carbocycles. The van der Waals surface area contributed by atoms with E-state index in [-0.39, 0.29) is 36.7 Å². The molecule has 15 nitrogen and oxygen atoms in total. The molecule has 314 valence electrons. The average Bonchev–Trinajstić information content (AvgIpc) is 3.80. The van der Waals surface area contributed by atoms with E-state index in [9.17, 15) is 29.5 Å². The molecule has 0 bridgehead atoms. The van der Waals surface area contributed by atoms with Crippen LogP contribution < -0.4 is 10.6 Å². The Morgan fingerprint density at radius 2 is 1.78 bits per heavy atom. The van der Waals surface area contributed by atoms with Gasteiger partial charge in [-0.1, -0.05) is 50.9 Å². The Bertz CT molecular complexity index is 1950. The van der Waals surface area contributed by atoms with Crippen LogP contribution in [0.2, 0.25) is 0 Å². The highest BCUT2D eigenvalue weighted by atomic mass is 16.7. The van der Waals surface area contributed by atoms with Gasteiger partial charge in [0, 0.05) is 35.4 Å². The number of ketones is 2. The van der Waals surface area contributed by atoms with Gasteiger partial charge in [-0.25, -0.2) is 4.79 Å². The number of esters is 1. The molecule has 0 radical (unpaired) electrons. The van der Waals surface area contributed by atoms with Gasteiger partial charge in [-0.15, -0.1) is 0 Å². The van der Waals surface area contributed by atoms with Gasteiger partial charge in [0.2, 0.25) is 5.76 Å². The van der Waals surface area contributed by atoms with Crippen LogP contribution in [0.3, 0.4) is 0 Å². The summed E-state index contributed by atoms with van der Waals surface area (Å²) in [7, 11) is 3.70. The van der Waals surface area contributed by atoms with Gasteiger partial charge in [-0.2, -0.15) is 5.26 Å². The first kappa shape index (κ1) is 44.5. The molecule has 15 heteroatoms. The number of urea groups is 1. The molecule has 2 amide bonds. The van der Waals surface area contributed by atoms with Crippen LogP contribution in [0.5, 0.6) is 0 Å². The Morgan fingerprint density at radius 1 is 1.05 bits per heavy atom. The minimum atomic E-state index is -1.46. The SMILES string of the molecule is CC[C@H]1OC(=O)[C@H](C)C(=O)[C@H](C)[C@@H](O[C@@H]2O[C@H](C)C[C@H](N(C)C)[C@H]2O)[C@](C)(OCC#Cc2cc(-c3cccc(C#N)c3)no2)C[C@@H](C)C(=O)[C@H](C)[C@H]2NC(=O)N[C@@]21C. The standard InChI is InChI=1S/C43H57N5O10/c1-11-33-43(8)37(45-41(53)46-43)25(4)34(49)23(2)21-42(7,54-17-13-16-30-20-31(47-58-30)29-15-12-14-28(19-29)22-44)38(26(5)35(50)27(6)39(52)56-33)57-40-36(51)32(48(9)10)18-24(3)55-40/h12,14-15,19-20,23-27,32-33,36-38,40,51H,11,17-18,21H2,1-10H3,(H2,45,46,53)/t23-,24-,25+,26+,27-,32+,33-,36-,37-,38-,40+,42-,43-/m1/s1. The summed E-state index contributed by atoms with van der Waals surface area (Å²) in [5.74, 6) is 0.845. The minimum absolute atomic E-state index is 0.0259.